The van der Waals surface area contributed by atoms with E-state index in [2.05, 4.69) is 17.1 Å². The lowest BCUT2D eigenvalue weighted by Gasteiger charge is -2.62. The summed E-state index contributed by atoms with van der Waals surface area (Å²) in [6, 6.07) is 13.1. The van der Waals surface area contributed by atoms with Gasteiger partial charge in [0.05, 0.1) is 23.6 Å². The van der Waals surface area contributed by atoms with E-state index < -0.39 is 5.91 Å². The minimum atomic E-state index is -0.588. The molecular weight excluding hydrogens is 367 g/mol. The second-order valence-electron chi connectivity index (χ2n) is 8.41. The number of benzene rings is 2. The van der Waals surface area contributed by atoms with E-state index in [1.165, 1.54) is 30.9 Å². The van der Waals surface area contributed by atoms with Crippen molar-refractivity contribution in [3.05, 3.63) is 82.7 Å². The van der Waals surface area contributed by atoms with E-state index >= 15 is 0 Å². The van der Waals surface area contributed by atoms with Crippen molar-refractivity contribution in [2.24, 2.45) is 16.6 Å². The zero-order valence-corrected chi connectivity index (χ0v) is 15.7. The van der Waals surface area contributed by atoms with Crippen molar-refractivity contribution in [2.45, 2.75) is 31.2 Å². The molecule has 2 heterocycles. The van der Waals surface area contributed by atoms with Gasteiger partial charge in [0.1, 0.15) is 12.1 Å². The van der Waals surface area contributed by atoms with Crippen LogP contribution in [0.25, 0.3) is 5.69 Å². The number of carbonyl (C=O) groups is 1. The summed E-state index contributed by atoms with van der Waals surface area (Å²) >= 11 is 0. The Labute approximate surface area is 167 Å². The molecule has 0 spiro atoms. The fraction of sp³-hybridized carbons (Fsp3) is 0.261. The number of fused-ring (bicyclic) bond motifs is 3. The molecule has 2 N–H and O–H groups in total. The highest BCUT2D eigenvalue weighted by molar-refractivity contribution is 6.15. The summed E-state index contributed by atoms with van der Waals surface area (Å²) in [5, 5.41) is 0. The Bertz CT molecular complexity index is 1210. The van der Waals surface area contributed by atoms with Gasteiger partial charge in [-0.1, -0.05) is 18.2 Å². The fourth-order valence-corrected chi connectivity index (χ4v) is 5.16. The highest BCUT2D eigenvalue weighted by atomic mass is 19.1. The number of nitrogens with zero attached hydrogens (tertiary/aromatic N) is 3. The number of aromatic nitrogens is 2. The molecule has 29 heavy (non-hydrogen) atoms. The maximum absolute atomic E-state index is 14.7. The quantitative estimate of drug-likeness (QED) is 0.748. The van der Waals surface area contributed by atoms with Gasteiger partial charge in [-0.05, 0) is 60.4 Å². The van der Waals surface area contributed by atoms with Crippen molar-refractivity contribution in [1.29, 1.82) is 0 Å². The molecule has 3 aliphatic carbocycles. The number of amides is 1. The molecule has 7 rings (SSSR count). The van der Waals surface area contributed by atoms with Crippen LogP contribution >= 0.6 is 0 Å². The molecular formula is C23H19FN4O. The Morgan fingerprint density at radius 3 is 2.62 bits per heavy atom. The van der Waals surface area contributed by atoms with Crippen LogP contribution in [0.4, 0.5) is 4.39 Å². The van der Waals surface area contributed by atoms with Gasteiger partial charge in [0.15, 0.2) is 5.69 Å². The van der Waals surface area contributed by atoms with Crippen molar-refractivity contribution in [1.82, 2.24) is 9.55 Å². The van der Waals surface area contributed by atoms with Gasteiger partial charge in [0.25, 0.3) is 5.91 Å². The van der Waals surface area contributed by atoms with E-state index in [1.54, 1.807) is 18.5 Å². The van der Waals surface area contributed by atoms with E-state index in [4.69, 9.17) is 10.7 Å². The number of imidazole rings is 1. The van der Waals surface area contributed by atoms with Crippen LogP contribution in [0.15, 0.2) is 53.8 Å². The number of rotatable bonds is 3. The number of halogens is 1. The van der Waals surface area contributed by atoms with Crippen LogP contribution in [-0.4, -0.2) is 21.2 Å². The van der Waals surface area contributed by atoms with Gasteiger partial charge >= 0.3 is 0 Å². The molecule has 1 aliphatic heterocycles. The maximum atomic E-state index is 14.7. The van der Waals surface area contributed by atoms with E-state index in [9.17, 15) is 9.18 Å². The van der Waals surface area contributed by atoms with E-state index in [0.717, 1.165) is 17.2 Å². The number of hydrogen-bond donors (Lipinski definition) is 1. The Balaban J connectivity index is 1.59. The Kier molecular flexibility index (Phi) is 3.23. The number of primary amides is 1. The van der Waals surface area contributed by atoms with E-state index in [0.29, 0.717) is 17.0 Å². The Hall–Kier alpha value is -3.28. The molecule has 1 aromatic heterocycles. The summed E-state index contributed by atoms with van der Waals surface area (Å²) in [4.78, 5) is 20.8. The number of nitrogens with two attached hydrogens (primary N) is 1. The minimum absolute atomic E-state index is 0.206. The van der Waals surface area contributed by atoms with Crippen LogP contribution in [0, 0.1) is 11.7 Å². The molecule has 0 radical (unpaired) electrons. The first-order valence-electron chi connectivity index (χ1n) is 9.86. The SMILES string of the molecule is NC(=O)c1ncn2c1CN=C(c1ccccc1F)c1cc(C34CC(C3)C4)ccc1-2. The van der Waals surface area contributed by atoms with Crippen molar-refractivity contribution in [3.63, 3.8) is 0 Å². The van der Waals surface area contributed by atoms with Gasteiger partial charge in [-0.3, -0.25) is 14.4 Å². The predicted octanol–water partition coefficient (Wildman–Crippen LogP) is 3.51. The van der Waals surface area contributed by atoms with Crippen molar-refractivity contribution in [2.75, 3.05) is 0 Å². The second-order valence-corrected chi connectivity index (χ2v) is 8.41. The molecule has 2 bridgehead atoms. The van der Waals surface area contributed by atoms with Crippen LogP contribution in [0.2, 0.25) is 0 Å². The zero-order chi connectivity index (χ0) is 19.8. The largest absolute Gasteiger partial charge is 0.364 e. The molecule has 5 nitrogen and oxygen atoms in total. The van der Waals surface area contributed by atoms with Crippen LogP contribution in [-0.2, 0) is 12.0 Å². The second kappa shape index (κ2) is 5.63. The topological polar surface area (TPSA) is 73.3 Å². The molecule has 0 saturated heterocycles. The normalized spacial score (nSPS) is 23.8. The molecule has 2 aromatic carbocycles. The first kappa shape index (κ1) is 16.7. The molecule has 3 saturated carbocycles. The molecule has 1 amide bonds. The Morgan fingerprint density at radius 2 is 1.93 bits per heavy atom. The standard InChI is InChI=1S/C23H19FN4O/c24-17-4-2-1-3-15(17)20-16-7-14(23-8-13(9-23)10-23)5-6-18(16)28-12-27-21(22(25)29)19(28)11-26-20/h1-7,12-13H,8-11H2,(H2,25,29). The van der Waals surface area contributed by atoms with Crippen LogP contribution in [0.1, 0.15) is 52.1 Å². The minimum Gasteiger partial charge on any atom is -0.364 e. The number of hydrogen-bond acceptors (Lipinski definition) is 3. The molecule has 4 aliphatic rings. The molecule has 0 unspecified atom stereocenters. The molecule has 3 fully saturated rings. The summed E-state index contributed by atoms with van der Waals surface area (Å²) < 4.78 is 16.6. The third kappa shape index (κ3) is 2.23. The van der Waals surface area contributed by atoms with Crippen LogP contribution in [0.5, 0.6) is 0 Å². The van der Waals surface area contributed by atoms with Gasteiger partial charge in [0.2, 0.25) is 0 Å². The molecule has 144 valence electrons. The highest BCUT2D eigenvalue weighted by Crippen LogP contribution is 2.65. The van der Waals surface area contributed by atoms with Gasteiger partial charge in [-0.2, -0.15) is 0 Å². The molecule has 6 heteroatoms. The zero-order valence-electron chi connectivity index (χ0n) is 15.7. The lowest BCUT2D eigenvalue weighted by molar-refractivity contribution is -0.0274. The highest BCUT2D eigenvalue weighted by Gasteiger charge is 2.57. The summed E-state index contributed by atoms with van der Waals surface area (Å²) in [6.07, 6.45) is 5.31. The van der Waals surface area contributed by atoms with Crippen molar-refractivity contribution < 1.29 is 9.18 Å². The maximum Gasteiger partial charge on any atom is 0.269 e. The first-order chi connectivity index (χ1) is 14.1. The molecule has 3 aromatic rings. The molecule has 0 atom stereocenters. The van der Waals surface area contributed by atoms with Crippen molar-refractivity contribution in [3.8, 4) is 5.69 Å². The van der Waals surface area contributed by atoms with Crippen LogP contribution in [0.3, 0.4) is 0 Å². The van der Waals surface area contributed by atoms with Crippen LogP contribution < -0.4 is 5.73 Å². The van der Waals surface area contributed by atoms with Gasteiger partial charge in [-0.25, -0.2) is 9.37 Å². The van der Waals surface area contributed by atoms with Gasteiger partial charge < -0.3 is 5.73 Å². The predicted molar refractivity (Wildman–Crippen MR) is 107 cm³/mol. The Morgan fingerprint density at radius 1 is 1.14 bits per heavy atom. The number of aliphatic imine (C=N–C) groups is 1. The van der Waals surface area contributed by atoms with E-state index in [-0.39, 0.29) is 23.5 Å². The van der Waals surface area contributed by atoms with Gasteiger partial charge in [0, 0.05) is 11.1 Å². The summed E-state index contributed by atoms with van der Waals surface area (Å²) in [7, 11) is 0. The smallest absolute Gasteiger partial charge is 0.269 e. The third-order valence-corrected chi connectivity index (χ3v) is 6.78. The number of carbonyl (C=O) groups excluding carboxylic acids is 1. The average molecular weight is 386 g/mol. The third-order valence-electron chi connectivity index (χ3n) is 6.78. The van der Waals surface area contributed by atoms with E-state index in [1.807, 2.05) is 16.7 Å². The summed E-state index contributed by atoms with van der Waals surface area (Å²) in [5.74, 6) is -0.0323. The average Bonchev–Trinajstić information content (AvgIpc) is 2.98. The summed E-state index contributed by atoms with van der Waals surface area (Å²) in [6.45, 7) is 0.208. The van der Waals surface area contributed by atoms with Gasteiger partial charge in [-0.15, -0.1) is 0 Å². The summed E-state index contributed by atoms with van der Waals surface area (Å²) in [5.41, 5.74) is 10.7. The monoisotopic (exact) mass is 386 g/mol. The lowest BCUT2D eigenvalue weighted by atomic mass is 9.42. The fourth-order valence-electron chi connectivity index (χ4n) is 5.16. The van der Waals surface area contributed by atoms with Crippen molar-refractivity contribution >= 4 is 11.6 Å². The first-order valence-corrected chi connectivity index (χ1v) is 9.86. The lowest BCUT2D eigenvalue weighted by Crippen LogP contribution is -2.55.